The molecule has 4 nitrogen and oxygen atoms in total. The molecule has 0 atom stereocenters. The van der Waals surface area contributed by atoms with Crippen molar-refractivity contribution in [3.63, 3.8) is 0 Å². The van der Waals surface area contributed by atoms with Gasteiger partial charge in [0.25, 0.3) is 10.0 Å². The predicted molar refractivity (Wildman–Crippen MR) is 82.8 cm³/mol. The SMILES string of the molecule is CCCN=C(NS(=O)(=O)c1cccs1)c1ccccc1. The smallest absolute Gasteiger partial charge is 0.267 e. The summed E-state index contributed by atoms with van der Waals surface area (Å²) in [5, 5.41) is 1.74. The summed E-state index contributed by atoms with van der Waals surface area (Å²) >= 11 is 1.19. The lowest BCUT2D eigenvalue weighted by atomic mass is 10.2. The van der Waals surface area contributed by atoms with Crippen LogP contribution in [0.2, 0.25) is 0 Å². The van der Waals surface area contributed by atoms with Crippen molar-refractivity contribution in [2.24, 2.45) is 4.99 Å². The van der Waals surface area contributed by atoms with Crippen LogP contribution in [0.5, 0.6) is 0 Å². The first-order valence-electron chi connectivity index (χ1n) is 6.29. The van der Waals surface area contributed by atoms with E-state index in [0.717, 1.165) is 12.0 Å². The minimum atomic E-state index is -3.56. The number of thiophene rings is 1. The van der Waals surface area contributed by atoms with Crippen molar-refractivity contribution in [1.29, 1.82) is 0 Å². The van der Waals surface area contributed by atoms with Crippen LogP contribution in [0.3, 0.4) is 0 Å². The van der Waals surface area contributed by atoms with E-state index in [1.165, 1.54) is 11.3 Å². The summed E-state index contributed by atoms with van der Waals surface area (Å²) in [4.78, 5) is 4.34. The first-order valence-corrected chi connectivity index (χ1v) is 8.66. The van der Waals surface area contributed by atoms with Crippen LogP contribution in [0.1, 0.15) is 18.9 Å². The summed E-state index contributed by atoms with van der Waals surface area (Å²) in [5.74, 6) is 0.390. The molecule has 1 heterocycles. The van der Waals surface area contributed by atoms with Gasteiger partial charge in [0.2, 0.25) is 0 Å². The second kappa shape index (κ2) is 6.67. The molecule has 0 spiro atoms. The topological polar surface area (TPSA) is 58.5 Å². The third-order valence-electron chi connectivity index (χ3n) is 2.53. The lowest BCUT2D eigenvalue weighted by Gasteiger charge is -2.10. The lowest BCUT2D eigenvalue weighted by molar-refractivity contribution is 0.594. The Balaban J connectivity index is 2.30. The molecule has 20 heavy (non-hydrogen) atoms. The van der Waals surface area contributed by atoms with Crippen LogP contribution in [-0.4, -0.2) is 20.8 Å². The number of aliphatic imine (C=N–C) groups is 1. The normalized spacial score (nSPS) is 12.3. The molecule has 0 aliphatic rings. The first kappa shape index (κ1) is 14.7. The van der Waals surface area contributed by atoms with Gasteiger partial charge in [-0.2, -0.15) is 0 Å². The molecule has 1 N–H and O–H groups in total. The Bertz CT molecular complexity index is 662. The molecular weight excluding hydrogens is 292 g/mol. The van der Waals surface area contributed by atoms with Crippen molar-refractivity contribution < 1.29 is 8.42 Å². The van der Waals surface area contributed by atoms with Crippen LogP contribution in [0.25, 0.3) is 0 Å². The molecule has 2 aromatic rings. The van der Waals surface area contributed by atoms with Crippen LogP contribution >= 0.6 is 11.3 Å². The predicted octanol–water partition coefficient (Wildman–Crippen LogP) is 2.88. The fraction of sp³-hybridized carbons (Fsp3) is 0.214. The molecule has 0 unspecified atom stereocenters. The zero-order valence-electron chi connectivity index (χ0n) is 11.1. The second-order valence-corrected chi connectivity index (χ2v) is 6.99. The summed E-state index contributed by atoms with van der Waals surface area (Å²) in [7, 11) is -3.56. The van der Waals surface area contributed by atoms with Crippen molar-refractivity contribution in [3.05, 3.63) is 53.4 Å². The first-order chi connectivity index (χ1) is 9.63. The van der Waals surface area contributed by atoms with Gasteiger partial charge < -0.3 is 0 Å². The average Bonchev–Trinajstić information content (AvgIpc) is 2.99. The molecule has 0 aliphatic carbocycles. The molecule has 1 aromatic carbocycles. The molecule has 106 valence electrons. The molecule has 0 amide bonds. The zero-order valence-corrected chi connectivity index (χ0v) is 12.7. The fourth-order valence-corrected chi connectivity index (χ4v) is 3.64. The number of hydrogen-bond donors (Lipinski definition) is 1. The zero-order chi connectivity index (χ0) is 14.4. The molecule has 0 aliphatic heterocycles. The summed E-state index contributed by atoms with van der Waals surface area (Å²) in [6.45, 7) is 2.58. The number of hydrogen-bond acceptors (Lipinski definition) is 4. The minimum Gasteiger partial charge on any atom is -0.267 e. The maximum Gasteiger partial charge on any atom is 0.272 e. The van der Waals surface area contributed by atoms with E-state index >= 15 is 0 Å². The fourth-order valence-electron chi connectivity index (χ4n) is 1.60. The van der Waals surface area contributed by atoms with E-state index in [2.05, 4.69) is 9.71 Å². The number of nitrogens with zero attached hydrogens (tertiary/aromatic N) is 1. The van der Waals surface area contributed by atoms with Gasteiger partial charge in [-0.15, -0.1) is 11.3 Å². The summed E-state index contributed by atoms with van der Waals surface area (Å²) in [6, 6.07) is 12.6. The van der Waals surface area contributed by atoms with Crippen molar-refractivity contribution in [1.82, 2.24) is 4.72 Å². The Morgan fingerprint density at radius 2 is 1.95 bits per heavy atom. The van der Waals surface area contributed by atoms with Gasteiger partial charge in [-0.05, 0) is 17.9 Å². The van der Waals surface area contributed by atoms with Crippen LogP contribution in [-0.2, 0) is 10.0 Å². The lowest BCUT2D eigenvalue weighted by Crippen LogP contribution is -2.31. The molecule has 2 rings (SSSR count). The highest BCUT2D eigenvalue weighted by atomic mass is 32.2. The van der Waals surface area contributed by atoms with Gasteiger partial charge >= 0.3 is 0 Å². The number of amidine groups is 1. The van der Waals surface area contributed by atoms with E-state index in [-0.39, 0.29) is 4.21 Å². The van der Waals surface area contributed by atoms with E-state index in [1.807, 2.05) is 37.3 Å². The molecule has 0 bridgehead atoms. The van der Waals surface area contributed by atoms with Crippen molar-refractivity contribution in [3.8, 4) is 0 Å². The van der Waals surface area contributed by atoms with Gasteiger partial charge in [0, 0.05) is 12.1 Å². The highest BCUT2D eigenvalue weighted by Crippen LogP contribution is 2.16. The Morgan fingerprint density at radius 3 is 2.55 bits per heavy atom. The molecule has 0 radical (unpaired) electrons. The van der Waals surface area contributed by atoms with Gasteiger partial charge in [-0.1, -0.05) is 43.3 Å². The highest BCUT2D eigenvalue weighted by molar-refractivity contribution is 7.92. The number of nitrogens with one attached hydrogen (secondary N) is 1. The third kappa shape index (κ3) is 3.68. The standard InChI is InChI=1S/C14H16N2O2S2/c1-2-10-15-14(12-7-4-3-5-8-12)16-20(17,18)13-9-6-11-19-13/h3-9,11H,2,10H2,1H3,(H,15,16). The van der Waals surface area contributed by atoms with Crippen LogP contribution < -0.4 is 4.72 Å². The third-order valence-corrected chi connectivity index (χ3v) is 5.27. The Kier molecular flexibility index (Phi) is 4.92. The van der Waals surface area contributed by atoms with Gasteiger partial charge in [0.1, 0.15) is 10.0 Å². The molecule has 0 fully saturated rings. The monoisotopic (exact) mass is 308 g/mol. The number of rotatable bonds is 5. The Hall–Kier alpha value is -1.66. The minimum absolute atomic E-state index is 0.289. The van der Waals surface area contributed by atoms with E-state index in [0.29, 0.717) is 12.4 Å². The average molecular weight is 308 g/mol. The maximum atomic E-state index is 12.3. The molecule has 6 heteroatoms. The Morgan fingerprint density at radius 1 is 1.20 bits per heavy atom. The van der Waals surface area contributed by atoms with Crippen molar-refractivity contribution >= 4 is 27.2 Å². The second-order valence-electron chi connectivity index (χ2n) is 4.13. The summed E-state index contributed by atoms with van der Waals surface area (Å²) in [5.41, 5.74) is 0.765. The van der Waals surface area contributed by atoms with Crippen LogP contribution in [0.15, 0.2) is 57.0 Å². The summed E-state index contributed by atoms with van der Waals surface area (Å²) < 4.78 is 27.4. The number of benzene rings is 1. The van der Waals surface area contributed by atoms with E-state index < -0.39 is 10.0 Å². The number of sulfonamides is 1. The van der Waals surface area contributed by atoms with Crippen molar-refractivity contribution in [2.75, 3.05) is 6.54 Å². The summed E-state index contributed by atoms with van der Waals surface area (Å²) in [6.07, 6.45) is 0.858. The Labute approximate surface area is 123 Å². The molecule has 0 saturated heterocycles. The molecule has 1 aromatic heterocycles. The van der Waals surface area contributed by atoms with Gasteiger partial charge in [0.15, 0.2) is 0 Å². The van der Waals surface area contributed by atoms with Gasteiger partial charge in [-0.3, -0.25) is 9.71 Å². The maximum absolute atomic E-state index is 12.3. The van der Waals surface area contributed by atoms with Gasteiger partial charge in [0.05, 0.1) is 0 Å². The van der Waals surface area contributed by atoms with Gasteiger partial charge in [-0.25, -0.2) is 8.42 Å². The van der Waals surface area contributed by atoms with Crippen LogP contribution in [0.4, 0.5) is 0 Å². The van der Waals surface area contributed by atoms with E-state index in [1.54, 1.807) is 17.5 Å². The van der Waals surface area contributed by atoms with E-state index in [4.69, 9.17) is 0 Å². The highest BCUT2D eigenvalue weighted by Gasteiger charge is 2.18. The van der Waals surface area contributed by atoms with Crippen molar-refractivity contribution in [2.45, 2.75) is 17.6 Å². The largest absolute Gasteiger partial charge is 0.272 e. The van der Waals surface area contributed by atoms with E-state index in [9.17, 15) is 8.42 Å². The molecular formula is C14H16N2O2S2. The molecule has 0 saturated carbocycles. The quantitative estimate of drug-likeness (QED) is 0.682. The van der Waals surface area contributed by atoms with Crippen LogP contribution in [0, 0.1) is 0 Å².